The van der Waals surface area contributed by atoms with Gasteiger partial charge in [0.2, 0.25) is 5.91 Å². The predicted octanol–water partition coefficient (Wildman–Crippen LogP) is 1.47. The molecular weight excluding hydrogens is 280 g/mol. The van der Waals surface area contributed by atoms with Crippen molar-refractivity contribution < 1.29 is 22.4 Å². The molecule has 1 aliphatic rings. The van der Waals surface area contributed by atoms with Crippen LogP contribution in [0, 0.1) is 0 Å². The summed E-state index contributed by atoms with van der Waals surface area (Å²) in [5.41, 5.74) is 0. The van der Waals surface area contributed by atoms with E-state index in [0.717, 1.165) is 4.68 Å². The highest BCUT2D eigenvalue weighted by molar-refractivity contribution is 5.94. The largest absolute Gasteiger partial charge is 0.390 e. The van der Waals surface area contributed by atoms with Crippen LogP contribution in [0.1, 0.15) is 12.8 Å². The molecule has 1 fully saturated rings. The molecule has 1 saturated heterocycles. The quantitative estimate of drug-likeness (QED) is 0.827. The first kappa shape index (κ1) is 14.8. The molecule has 1 aromatic heterocycles. The van der Waals surface area contributed by atoms with E-state index < -0.39 is 30.7 Å². The SMILES string of the molecule is O=C(Nc1ccn(CCC(F)(F)F)n1)[C@@H]1C[C@@H](F)CN1. The molecular formula is C11H14F4N4O. The summed E-state index contributed by atoms with van der Waals surface area (Å²) in [7, 11) is 0. The van der Waals surface area contributed by atoms with E-state index in [2.05, 4.69) is 15.7 Å². The van der Waals surface area contributed by atoms with Gasteiger partial charge in [0.1, 0.15) is 6.17 Å². The first-order valence-corrected chi connectivity index (χ1v) is 6.12. The van der Waals surface area contributed by atoms with Gasteiger partial charge in [0.25, 0.3) is 0 Å². The fraction of sp³-hybridized carbons (Fsp3) is 0.636. The molecule has 20 heavy (non-hydrogen) atoms. The Kier molecular flexibility index (Phi) is 4.26. The molecule has 0 radical (unpaired) electrons. The zero-order valence-electron chi connectivity index (χ0n) is 10.5. The van der Waals surface area contributed by atoms with Crippen molar-refractivity contribution in [3.8, 4) is 0 Å². The average molecular weight is 294 g/mol. The van der Waals surface area contributed by atoms with Crippen LogP contribution in [0.5, 0.6) is 0 Å². The molecule has 1 aliphatic heterocycles. The molecule has 112 valence electrons. The highest BCUT2D eigenvalue weighted by Gasteiger charge is 2.29. The Labute approximate surface area is 112 Å². The third kappa shape index (κ3) is 4.19. The number of nitrogens with zero attached hydrogens (tertiary/aromatic N) is 2. The maximum atomic E-state index is 12.9. The first-order chi connectivity index (χ1) is 9.33. The molecule has 2 heterocycles. The molecule has 0 bridgehead atoms. The van der Waals surface area contributed by atoms with Gasteiger partial charge in [-0.2, -0.15) is 18.3 Å². The number of nitrogens with one attached hydrogen (secondary N) is 2. The van der Waals surface area contributed by atoms with Crippen LogP contribution >= 0.6 is 0 Å². The molecule has 5 nitrogen and oxygen atoms in total. The number of amides is 1. The third-order valence-electron chi connectivity index (χ3n) is 2.91. The number of aromatic nitrogens is 2. The molecule has 0 unspecified atom stereocenters. The Balaban J connectivity index is 1.85. The number of hydrogen-bond donors (Lipinski definition) is 2. The second kappa shape index (κ2) is 5.78. The van der Waals surface area contributed by atoms with Crippen molar-refractivity contribution in [1.29, 1.82) is 0 Å². The van der Waals surface area contributed by atoms with Crippen LogP contribution < -0.4 is 10.6 Å². The van der Waals surface area contributed by atoms with Gasteiger partial charge in [-0.3, -0.25) is 9.48 Å². The van der Waals surface area contributed by atoms with Gasteiger partial charge in [-0.1, -0.05) is 0 Å². The highest BCUT2D eigenvalue weighted by Crippen LogP contribution is 2.20. The summed E-state index contributed by atoms with van der Waals surface area (Å²) in [4.78, 5) is 11.7. The first-order valence-electron chi connectivity index (χ1n) is 6.12. The van der Waals surface area contributed by atoms with Crippen LogP contribution in [0.15, 0.2) is 12.3 Å². The molecule has 2 atom stereocenters. The van der Waals surface area contributed by atoms with Gasteiger partial charge in [-0.05, 0) is 0 Å². The Morgan fingerprint density at radius 3 is 2.90 bits per heavy atom. The topological polar surface area (TPSA) is 59.0 Å². The van der Waals surface area contributed by atoms with E-state index in [-0.39, 0.29) is 25.3 Å². The van der Waals surface area contributed by atoms with Crippen LogP contribution in [0.25, 0.3) is 0 Å². The van der Waals surface area contributed by atoms with Gasteiger partial charge in [0.15, 0.2) is 5.82 Å². The van der Waals surface area contributed by atoms with E-state index in [1.54, 1.807) is 0 Å². The van der Waals surface area contributed by atoms with Gasteiger partial charge in [-0.25, -0.2) is 4.39 Å². The summed E-state index contributed by atoms with van der Waals surface area (Å²) in [6, 6.07) is 0.765. The minimum atomic E-state index is -4.25. The number of anilines is 1. The molecule has 0 aromatic carbocycles. The van der Waals surface area contributed by atoms with Gasteiger partial charge in [0, 0.05) is 31.8 Å². The van der Waals surface area contributed by atoms with Crippen molar-refractivity contribution >= 4 is 11.7 Å². The second-order valence-corrected chi connectivity index (χ2v) is 4.61. The van der Waals surface area contributed by atoms with Gasteiger partial charge in [0.05, 0.1) is 12.5 Å². The van der Waals surface area contributed by atoms with E-state index in [9.17, 15) is 22.4 Å². The number of hydrogen-bond acceptors (Lipinski definition) is 3. The van der Waals surface area contributed by atoms with Crippen molar-refractivity contribution in [2.45, 2.75) is 37.8 Å². The van der Waals surface area contributed by atoms with Crippen molar-refractivity contribution in [3.05, 3.63) is 12.3 Å². The Hall–Kier alpha value is -1.64. The summed E-state index contributed by atoms with van der Waals surface area (Å²) >= 11 is 0. The van der Waals surface area contributed by atoms with Crippen molar-refractivity contribution in [2.24, 2.45) is 0 Å². The lowest BCUT2D eigenvalue weighted by Gasteiger charge is -2.09. The van der Waals surface area contributed by atoms with Crippen LogP contribution in [0.4, 0.5) is 23.4 Å². The lowest BCUT2D eigenvalue weighted by atomic mass is 10.2. The molecule has 1 amide bonds. The fourth-order valence-corrected chi connectivity index (χ4v) is 1.90. The molecule has 2 N–H and O–H groups in total. The summed E-state index contributed by atoms with van der Waals surface area (Å²) < 4.78 is 50.2. The number of halogens is 4. The molecule has 0 spiro atoms. The van der Waals surface area contributed by atoms with Gasteiger partial charge < -0.3 is 10.6 Å². The van der Waals surface area contributed by atoms with Crippen molar-refractivity contribution in [2.75, 3.05) is 11.9 Å². The second-order valence-electron chi connectivity index (χ2n) is 4.61. The zero-order chi connectivity index (χ0) is 14.8. The fourth-order valence-electron chi connectivity index (χ4n) is 1.90. The van der Waals surface area contributed by atoms with Crippen molar-refractivity contribution in [3.63, 3.8) is 0 Å². The normalized spacial score (nSPS) is 23.0. The number of aryl methyl sites for hydroxylation is 1. The molecule has 1 aromatic rings. The average Bonchev–Trinajstić information content (AvgIpc) is 2.95. The maximum Gasteiger partial charge on any atom is 0.390 e. The standard InChI is InChI=1S/C11H14F4N4O/c12-7-5-8(16-6-7)10(20)17-9-1-3-19(18-9)4-2-11(13,14)15/h1,3,7-8,16H,2,4-6H2,(H,17,18,20)/t7-,8+/m1/s1. The molecule has 2 rings (SSSR count). The Morgan fingerprint density at radius 1 is 1.55 bits per heavy atom. The van der Waals surface area contributed by atoms with Gasteiger partial charge >= 0.3 is 6.18 Å². The van der Waals surface area contributed by atoms with E-state index >= 15 is 0 Å². The van der Waals surface area contributed by atoms with E-state index in [4.69, 9.17) is 0 Å². The summed E-state index contributed by atoms with van der Waals surface area (Å²) in [6.45, 7) is -0.189. The zero-order valence-corrected chi connectivity index (χ0v) is 10.5. The van der Waals surface area contributed by atoms with E-state index in [1.165, 1.54) is 12.3 Å². The molecule has 0 aliphatic carbocycles. The number of carbonyl (C=O) groups excluding carboxylic acids is 1. The van der Waals surface area contributed by atoms with Gasteiger partial charge in [-0.15, -0.1) is 0 Å². The van der Waals surface area contributed by atoms with Crippen LogP contribution in [-0.2, 0) is 11.3 Å². The summed E-state index contributed by atoms with van der Waals surface area (Å²) in [5, 5.41) is 8.96. The third-order valence-corrected chi connectivity index (χ3v) is 2.91. The Morgan fingerprint density at radius 2 is 2.30 bits per heavy atom. The monoisotopic (exact) mass is 294 g/mol. The van der Waals surface area contributed by atoms with Crippen LogP contribution in [0.3, 0.4) is 0 Å². The maximum absolute atomic E-state index is 12.9. The minimum Gasteiger partial charge on any atom is -0.308 e. The smallest absolute Gasteiger partial charge is 0.308 e. The number of alkyl halides is 4. The molecule has 9 heteroatoms. The minimum absolute atomic E-state index is 0.0839. The highest BCUT2D eigenvalue weighted by atomic mass is 19.4. The molecule has 0 saturated carbocycles. The van der Waals surface area contributed by atoms with E-state index in [0.29, 0.717) is 0 Å². The van der Waals surface area contributed by atoms with Crippen LogP contribution in [0.2, 0.25) is 0 Å². The number of rotatable bonds is 4. The summed E-state index contributed by atoms with van der Waals surface area (Å²) in [5.74, 6) is -0.285. The van der Waals surface area contributed by atoms with Crippen LogP contribution in [-0.4, -0.2) is 40.6 Å². The lowest BCUT2D eigenvalue weighted by Crippen LogP contribution is -2.35. The predicted molar refractivity (Wildman–Crippen MR) is 62.8 cm³/mol. The Bertz CT molecular complexity index is 473. The summed E-state index contributed by atoms with van der Waals surface area (Å²) in [6.07, 6.45) is -4.87. The van der Waals surface area contributed by atoms with E-state index in [1.807, 2.05) is 0 Å². The lowest BCUT2D eigenvalue weighted by molar-refractivity contribution is -0.137. The number of carbonyl (C=O) groups is 1. The van der Waals surface area contributed by atoms with Crippen molar-refractivity contribution in [1.82, 2.24) is 15.1 Å².